The van der Waals surface area contributed by atoms with Crippen molar-refractivity contribution < 1.29 is 0 Å². The Bertz CT molecular complexity index is 2740. The highest BCUT2D eigenvalue weighted by Gasteiger charge is 2.50. The van der Waals surface area contributed by atoms with Gasteiger partial charge >= 0.3 is 0 Å². The van der Waals surface area contributed by atoms with Crippen LogP contribution >= 0.6 is 46.1 Å². The lowest BCUT2D eigenvalue weighted by Crippen LogP contribution is -2.27. The predicted molar refractivity (Wildman–Crippen MR) is 281 cm³/mol. The van der Waals surface area contributed by atoms with E-state index < -0.39 is 0 Å². The Labute approximate surface area is 400 Å². The Balaban J connectivity index is 1.32. The lowest BCUT2D eigenvalue weighted by Gasteiger charge is -2.35. The third-order valence-corrected chi connectivity index (χ3v) is 18.9. The smallest absolute Gasteiger partial charge is 0.114 e. The molecule has 0 aliphatic heterocycles. The summed E-state index contributed by atoms with van der Waals surface area (Å²) in [4.78, 5) is 5.51. The molecule has 9 rings (SSSR count). The Kier molecular flexibility index (Phi) is 14.0. The fourth-order valence-corrected chi connectivity index (χ4v) is 15.7. The fraction of sp³-hybridized carbons (Fsp3) is 0.536. The van der Waals surface area contributed by atoms with Crippen LogP contribution in [0.2, 0.25) is 0 Å². The zero-order chi connectivity index (χ0) is 44.6. The molecule has 64 heavy (non-hydrogen) atoms. The number of rotatable bonds is 22. The minimum Gasteiger partial charge on any atom is -0.173 e. The predicted octanol–water partition coefficient (Wildman–Crippen LogP) is 18.8. The van der Waals surface area contributed by atoms with Crippen LogP contribution in [0.5, 0.6) is 0 Å². The third-order valence-electron chi connectivity index (χ3n) is 15.3. The normalized spacial score (nSPS) is 14.5. The lowest BCUT2D eigenvalue weighted by atomic mass is 9.68. The number of nitrogens with zero attached hydrogens (tertiary/aromatic N) is 4. The monoisotopic (exact) mass is 926 g/mol. The van der Waals surface area contributed by atoms with E-state index in [1.54, 1.807) is 11.1 Å². The Morgan fingerprint density at radius 3 is 1.30 bits per heavy atom. The third kappa shape index (κ3) is 7.96. The van der Waals surface area contributed by atoms with E-state index >= 15 is 0 Å². The van der Waals surface area contributed by atoms with Crippen LogP contribution in [0, 0.1) is 27.7 Å². The van der Waals surface area contributed by atoms with Crippen LogP contribution in [-0.4, -0.2) is 17.5 Å². The van der Waals surface area contributed by atoms with Gasteiger partial charge in [0.2, 0.25) is 0 Å². The van der Waals surface area contributed by atoms with E-state index in [0.29, 0.717) is 0 Å². The molecule has 338 valence electrons. The van der Waals surface area contributed by atoms with Gasteiger partial charge in [0.05, 0.1) is 23.5 Å². The minimum absolute atomic E-state index is 0.0556. The second kappa shape index (κ2) is 19.5. The van der Waals surface area contributed by atoms with Gasteiger partial charge in [0.15, 0.2) is 0 Å². The molecule has 3 aromatic carbocycles. The van der Waals surface area contributed by atoms with Gasteiger partial charge in [-0.2, -0.15) is 17.5 Å². The number of benzene rings is 3. The zero-order valence-corrected chi connectivity index (χ0v) is 43.3. The number of fused-ring (bicyclic) bond motifs is 10. The second-order valence-electron chi connectivity index (χ2n) is 19.7. The van der Waals surface area contributed by atoms with Gasteiger partial charge in [-0.1, -0.05) is 136 Å². The van der Waals surface area contributed by atoms with Gasteiger partial charge in [-0.25, -0.2) is 0 Å². The molecule has 0 bridgehead atoms. The Morgan fingerprint density at radius 2 is 0.812 bits per heavy atom. The average molecular weight is 927 g/mol. The average Bonchev–Trinajstić information content (AvgIpc) is 4.15. The first-order chi connectivity index (χ1) is 31.2. The number of aromatic nitrogens is 4. The SMILES string of the molecule is CCCCCCC1(CCCCCC)c2cc3c(cc2-c2c1cc(C)c1nsnc21)C(CCCCCC)(CCCCCC)c1cc(-c2cc(C)c(-c4sc(C)cc4C)s2)c2nsnc2c1-3. The van der Waals surface area contributed by atoms with Crippen LogP contribution in [0.1, 0.15) is 200 Å². The molecule has 2 aliphatic rings. The molecule has 0 fully saturated rings. The van der Waals surface area contributed by atoms with Crippen molar-refractivity contribution in [3.63, 3.8) is 0 Å². The van der Waals surface area contributed by atoms with Gasteiger partial charge < -0.3 is 0 Å². The van der Waals surface area contributed by atoms with Gasteiger partial charge in [-0.3, -0.25) is 0 Å². The largest absolute Gasteiger partial charge is 0.173 e. The Morgan fingerprint density at radius 1 is 0.391 bits per heavy atom. The van der Waals surface area contributed by atoms with E-state index in [2.05, 4.69) is 91.8 Å². The van der Waals surface area contributed by atoms with E-state index in [1.165, 1.54) is 214 Å². The standard InChI is InChI=1S/C56H70N4S4/c1-9-13-17-21-25-55(26-22-18-14-10-2)42-33-40-43(32-39(42)47-44(55)30-35(5)49-51(47)59-63-57-49)56(27-23-19-15-11-3,28-24-20-16-12-4)45-34-41(50-52(48(40)45)60-64-58-50)46-31-37(7)54(62-46)53-36(6)29-38(8)61-53/h29-34H,9-28H2,1-8H3. The summed E-state index contributed by atoms with van der Waals surface area (Å²) in [7, 11) is 0. The molecular formula is C56H70N4S4. The van der Waals surface area contributed by atoms with E-state index in [-0.39, 0.29) is 10.8 Å². The van der Waals surface area contributed by atoms with Gasteiger partial charge in [-0.05, 0) is 134 Å². The van der Waals surface area contributed by atoms with Crippen LogP contribution in [0.25, 0.3) is 64.5 Å². The highest BCUT2D eigenvalue weighted by molar-refractivity contribution is 7.24. The van der Waals surface area contributed by atoms with Gasteiger partial charge in [-0.15, -0.1) is 22.7 Å². The van der Waals surface area contributed by atoms with Crippen LogP contribution < -0.4 is 0 Å². The number of aryl methyl sites for hydroxylation is 4. The van der Waals surface area contributed by atoms with E-state index in [4.69, 9.17) is 17.5 Å². The van der Waals surface area contributed by atoms with Crippen molar-refractivity contribution in [2.24, 2.45) is 0 Å². The number of unbranched alkanes of at least 4 members (excludes halogenated alkanes) is 12. The molecule has 0 spiro atoms. The molecule has 4 aromatic heterocycles. The van der Waals surface area contributed by atoms with E-state index in [9.17, 15) is 0 Å². The molecule has 4 heterocycles. The maximum Gasteiger partial charge on any atom is 0.114 e. The summed E-state index contributed by atoms with van der Waals surface area (Å²) in [6.45, 7) is 18.5. The molecule has 0 N–H and O–H groups in total. The maximum atomic E-state index is 5.34. The van der Waals surface area contributed by atoms with Gasteiger partial charge in [0, 0.05) is 47.0 Å². The zero-order valence-electron chi connectivity index (χ0n) is 40.0. The summed E-state index contributed by atoms with van der Waals surface area (Å²) < 4.78 is 20.7. The molecule has 8 heteroatoms. The first-order valence-corrected chi connectivity index (χ1v) is 28.2. The van der Waals surface area contributed by atoms with E-state index in [1.807, 2.05) is 22.7 Å². The molecule has 0 atom stereocenters. The molecule has 0 saturated carbocycles. The van der Waals surface area contributed by atoms with Gasteiger partial charge in [0.1, 0.15) is 22.1 Å². The summed E-state index contributed by atoms with van der Waals surface area (Å²) in [6, 6.07) is 15.5. The number of thiophene rings is 2. The number of hydrogen-bond acceptors (Lipinski definition) is 8. The molecule has 0 saturated heterocycles. The molecular weight excluding hydrogens is 857 g/mol. The van der Waals surface area contributed by atoms with Crippen molar-refractivity contribution in [3.8, 4) is 42.4 Å². The van der Waals surface area contributed by atoms with Crippen molar-refractivity contribution >= 4 is 68.2 Å². The van der Waals surface area contributed by atoms with Crippen LogP contribution in [0.3, 0.4) is 0 Å². The van der Waals surface area contributed by atoms with Crippen LogP contribution in [-0.2, 0) is 10.8 Å². The first kappa shape index (κ1) is 45.8. The quantitative estimate of drug-likeness (QED) is 0.0636. The lowest BCUT2D eigenvalue weighted by molar-refractivity contribution is 0.397. The summed E-state index contributed by atoms with van der Waals surface area (Å²) in [5.41, 5.74) is 21.4. The minimum atomic E-state index is -0.109. The highest BCUT2D eigenvalue weighted by Crippen LogP contribution is 2.63. The van der Waals surface area contributed by atoms with Crippen molar-refractivity contribution in [3.05, 3.63) is 80.2 Å². The van der Waals surface area contributed by atoms with Crippen LogP contribution in [0.4, 0.5) is 0 Å². The number of hydrogen-bond donors (Lipinski definition) is 0. The molecule has 0 amide bonds. The van der Waals surface area contributed by atoms with Crippen LogP contribution in [0.15, 0.2) is 36.4 Å². The highest BCUT2D eigenvalue weighted by atomic mass is 32.1. The summed E-state index contributed by atoms with van der Waals surface area (Å²) in [5, 5.41) is 0. The molecule has 7 aromatic rings. The summed E-state index contributed by atoms with van der Waals surface area (Å²) in [6.07, 6.45) is 24.9. The van der Waals surface area contributed by atoms with Gasteiger partial charge in [0.25, 0.3) is 0 Å². The molecule has 0 radical (unpaired) electrons. The molecule has 2 aliphatic carbocycles. The second-order valence-corrected chi connectivity index (χ2v) is 23.1. The maximum absolute atomic E-state index is 5.34. The van der Waals surface area contributed by atoms with Crippen molar-refractivity contribution in [2.45, 2.75) is 195 Å². The fourth-order valence-electron chi connectivity index (χ4n) is 12.1. The van der Waals surface area contributed by atoms with E-state index in [0.717, 1.165) is 34.9 Å². The Hall–Kier alpha value is -3.30. The summed E-state index contributed by atoms with van der Waals surface area (Å²) in [5.74, 6) is 0. The topological polar surface area (TPSA) is 51.6 Å². The molecule has 0 unspecified atom stereocenters. The van der Waals surface area contributed by atoms with Crippen molar-refractivity contribution in [1.29, 1.82) is 0 Å². The first-order valence-electron chi connectivity index (χ1n) is 25.1. The summed E-state index contributed by atoms with van der Waals surface area (Å²) >= 11 is 6.69. The molecule has 4 nitrogen and oxygen atoms in total. The van der Waals surface area contributed by atoms with Crippen molar-refractivity contribution in [2.75, 3.05) is 0 Å². The van der Waals surface area contributed by atoms with Crippen molar-refractivity contribution in [1.82, 2.24) is 17.5 Å².